The number of hydrogen-bond donors (Lipinski definition) is 0. The molecule has 5 heteroatoms. The highest BCUT2D eigenvalue weighted by atomic mass is 16.6. The van der Waals surface area contributed by atoms with Crippen molar-refractivity contribution in [2.24, 2.45) is 11.8 Å². The fraction of sp³-hybridized carbons (Fsp3) is 0.774. The van der Waals surface area contributed by atoms with Crippen molar-refractivity contribution in [1.82, 2.24) is 0 Å². The minimum absolute atomic E-state index is 0.0916. The summed E-state index contributed by atoms with van der Waals surface area (Å²) in [5.74, 6) is 0.757. The molecule has 0 aromatic carbocycles. The van der Waals surface area contributed by atoms with Crippen LogP contribution in [0.2, 0.25) is 0 Å². The lowest BCUT2D eigenvalue weighted by Crippen LogP contribution is -2.55. The average Bonchev–Trinajstić information content (AvgIpc) is 3.72. The van der Waals surface area contributed by atoms with Crippen LogP contribution in [0.4, 0.5) is 0 Å². The Kier molecular flexibility index (Phi) is 11.9. The SMILES string of the molecule is C=C/C(=C\C)C1CCCC1.CC.CCC(=O)O[C@@H]1CC[C@]2(CO2)[C@@H]([C@@]2(C)O[C@@H]2CC=C(C)C)[C@@H]1OC. The van der Waals surface area contributed by atoms with Gasteiger partial charge in [0.05, 0.1) is 18.6 Å². The van der Waals surface area contributed by atoms with Crippen LogP contribution in [0.5, 0.6) is 0 Å². The van der Waals surface area contributed by atoms with Crippen molar-refractivity contribution in [3.8, 4) is 0 Å². The molecule has 0 N–H and O–H groups in total. The first kappa shape index (κ1) is 30.8. The molecule has 206 valence electrons. The van der Waals surface area contributed by atoms with Crippen molar-refractivity contribution < 1.29 is 23.7 Å². The molecule has 36 heavy (non-hydrogen) atoms. The van der Waals surface area contributed by atoms with E-state index >= 15 is 0 Å². The Bertz CT molecular complexity index is 770. The predicted octanol–water partition coefficient (Wildman–Crippen LogP) is 7.35. The summed E-state index contributed by atoms with van der Waals surface area (Å²) >= 11 is 0. The van der Waals surface area contributed by atoms with Crippen LogP contribution in [-0.4, -0.2) is 49.2 Å². The molecule has 0 bridgehead atoms. The van der Waals surface area contributed by atoms with E-state index in [4.69, 9.17) is 18.9 Å². The fourth-order valence-corrected chi connectivity index (χ4v) is 6.10. The molecule has 4 rings (SSSR count). The van der Waals surface area contributed by atoms with Crippen LogP contribution in [0, 0.1) is 11.8 Å². The van der Waals surface area contributed by atoms with E-state index in [1.807, 2.05) is 26.8 Å². The Morgan fingerprint density at radius 2 is 1.81 bits per heavy atom. The van der Waals surface area contributed by atoms with E-state index < -0.39 is 0 Å². The minimum atomic E-state index is -0.277. The van der Waals surface area contributed by atoms with E-state index in [0.29, 0.717) is 6.42 Å². The summed E-state index contributed by atoms with van der Waals surface area (Å²) in [6.45, 7) is 18.8. The topological polar surface area (TPSA) is 60.6 Å². The van der Waals surface area contributed by atoms with Gasteiger partial charge in [-0.3, -0.25) is 4.79 Å². The lowest BCUT2D eigenvalue weighted by atomic mass is 9.68. The van der Waals surface area contributed by atoms with Gasteiger partial charge < -0.3 is 18.9 Å². The number of hydrogen-bond acceptors (Lipinski definition) is 5. The van der Waals surface area contributed by atoms with E-state index in [-0.39, 0.29) is 41.4 Å². The third-order valence-electron chi connectivity index (χ3n) is 8.20. The first-order chi connectivity index (χ1) is 17.2. The van der Waals surface area contributed by atoms with E-state index in [1.54, 1.807) is 7.11 Å². The smallest absolute Gasteiger partial charge is 0.305 e. The van der Waals surface area contributed by atoms with Crippen LogP contribution in [0.3, 0.4) is 0 Å². The highest BCUT2D eigenvalue weighted by Crippen LogP contribution is 2.59. The second-order valence-electron chi connectivity index (χ2n) is 10.7. The third kappa shape index (κ3) is 7.33. The molecule has 2 saturated carbocycles. The minimum Gasteiger partial charge on any atom is -0.460 e. The molecule has 0 radical (unpaired) electrons. The van der Waals surface area contributed by atoms with Crippen LogP contribution in [0.25, 0.3) is 0 Å². The molecule has 1 spiro atoms. The Labute approximate surface area is 220 Å². The molecule has 0 unspecified atom stereocenters. The van der Waals surface area contributed by atoms with Gasteiger partial charge in [0.25, 0.3) is 0 Å². The van der Waals surface area contributed by atoms with Crippen LogP contribution in [0.1, 0.15) is 99.8 Å². The quantitative estimate of drug-likeness (QED) is 0.150. The standard InChI is InChI=1S/C19H30O5.C10H16.C2H6/c1-6-15(20)23-13-9-10-19(11-22-19)17(16(13)21-5)18(4)14(24-18)8-7-12(2)3;1-3-9(4-2)10-7-5-6-8-10;1-2/h7,13-14,16-17H,6,8-11H2,1-5H3;3-4,10H,1,5-8H2,2H3;1-2H3/b;9-4+;/t13-,14-,16-,17-,18+,19+;;/m1../s1. The largest absolute Gasteiger partial charge is 0.460 e. The third-order valence-corrected chi connectivity index (χ3v) is 8.20. The number of ether oxygens (including phenoxy) is 4. The zero-order valence-electron chi connectivity index (χ0n) is 24.2. The summed E-state index contributed by atoms with van der Waals surface area (Å²) in [5, 5.41) is 0. The van der Waals surface area contributed by atoms with E-state index in [9.17, 15) is 4.79 Å². The van der Waals surface area contributed by atoms with Crippen LogP contribution in [0.15, 0.2) is 36.0 Å². The maximum absolute atomic E-state index is 11.8. The number of rotatable bonds is 8. The molecule has 6 atom stereocenters. The molecule has 2 aliphatic carbocycles. The second kappa shape index (κ2) is 13.9. The number of esters is 1. The summed E-state index contributed by atoms with van der Waals surface area (Å²) in [5.41, 5.74) is 2.31. The van der Waals surface area contributed by atoms with Gasteiger partial charge in [-0.05, 0) is 71.3 Å². The summed E-state index contributed by atoms with van der Waals surface area (Å²) in [7, 11) is 1.70. The Balaban J connectivity index is 0.000000318. The van der Waals surface area contributed by atoms with Gasteiger partial charge >= 0.3 is 5.97 Å². The molecule has 4 fully saturated rings. The van der Waals surface area contributed by atoms with Crippen molar-refractivity contribution in [1.29, 1.82) is 0 Å². The molecular formula is C31H52O5. The summed E-state index contributed by atoms with van der Waals surface area (Å²) < 4.78 is 23.5. The van der Waals surface area contributed by atoms with Gasteiger partial charge in [-0.1, -0.05) is 64.0 Å². The van der Waals surface area contributed by atoms with Crippen molar-refractivity contribution >= 4 is 5.97 Å². The molecule has 0 aromatic rings. The van der Waals surface area contributed by atoms with Gasteiger partial charge in [0.15, 0.2) is 0 Å². The van der Waals surface area contributed by atoms with E-state index in [0.717, 1.165) is 31.8 Å². The van der Waals surface area contributed by atoms with Crippen LogP contribution >= 0.6 is 0 Å². The number of epoxide rings is 2. The maximum Gasteiger partial charge on any atom is 0.305 e. The zero-order chi connectivity index (χ0) is 26.9. The number of carbonyl (C=O) groups excluding carboxylic acids is 1. The second-order valence-corrected chi connectivity index (χ2v) is 10.7. The first-order valence-corrected chi connectivity index (χ1v) is 14.2. The molecule has 5 nitrogen and oxygen atoms in total. The molecule has 2 heterocycles. The first-order valence-electron chi connectivity index (χ1n) is 14.2. The van der Waals surface area contributed by atoms with Crippen LogP contribution < -0.4 is 0 Å². The highest BCUT2D eigenvalue weighted by Gasteiger charge is 2.72. The highest BCUT2D eigenvalue weighted by molar-refractivity contribution is 5.69. The van der Waals surface area contributed by atoms with Gasteiger partial charge in [-0.25, -0.2) is 0 Å². The molecular weight excluding hydrogens is 452 g/mol. The number of methoxy groups -OCH3 is 1. The van der Waals surface area contributed by atoms with E-state index in [2.05, 4.69) is 46.4 Å². The summed E-state index contributed by atoms with van der Waals surface area (Å²) in [4.78, 5) is 11.8. The van der Waals surface area contributed by atoms with Crippen molar-refractivity contribution in [3.05, 3.63) is 36.0 Å². The summed E-state index contributed by atoms with van der Waals surface area (Å²) in [6, 6.07) is 0. The predicted molar refractivity (Wildman–Crippen MR) is 147 cm³/mol. The number of allylic oxidation sites excluding steroid dienone is 4. The van der Waals surface area contributed by atoms with Gasteiger partial charge in [0.1, 0.15) is 23.4 Å². The molecule has 4 aliphatic rings. The number of carbonyl (C=O) groups is 1. The van der Waals surface area contributed by atoms with Gasteiger partial charge in [0, 0.05) is 13.5 Å². The monoisotopic (exact) mass is 504 g/mol. The molecule has 0 aromatic heterocycles. The van der Waals surface area contributed by atoms with Gasteiger partial charge in [-0.15, -0.1) is 0 Å². The lowest BCUT2D eigenvalue weighted by molar-refractivity contribution is -0.171. The molecule has 0 amide bonds. The van der Waals surface area contributed by atoms with Crippen molar-refractivity contribution in [2.75, 3.05) is 13.7 Å². The Morgan fingerprint density at radius 1 is 1.17 bits per heavy atom. The lowest BCUT2D eigenvalue weighted by Gasteiger charge is -2.42. The van der Waals surface area contributed by atoms with Gasteiger partial charge in [0.2, 0.25) is 0 Å². The van der Waals surface area contributed by atoms with E-state index in [1.165, 1.54) is 36.8 Å². The molecule has 2 saturated heterocycles. The molecule has 2 aliphatic heterocycles. The average molecular weight is 505 g/mol. The van der Waals surface area contributed by atoms with Gasteiger partial charge in [-0.2, -0.15) is 0 Å². The zero-order valence-corrected chi connectivity index (χ0v) is 24.2. The Hall–Kier alpha value is -1.43. The maximum atomic E-state index is 11.8. The summed E-state index contributed by atoms with van der Waals surface area (Å²) in [6.07, 6.45) is 14.8. The van der Waals surface area contributed by atoms with Crippen molar-refractivity contribution in [2.45, 2.75) is 129 Å². The normalized spacial score (nSPS) is 35.1. The van der Waals surface area contributed by atoms with Crippen molar-refractivity contribution in [3.63, 3.8) is 0 Å². The Morgan fingerprint density at radius 3 is 2.28 bits per heavy atom. The van der Waals surface area contributed by atoms with Crippen LogP contribution in [-0.2, 0) is 23.7 Å². The fourth-order valence-electron chi connectivity index (χ4n) is 6.10.